The largest absolute Gasteiger partial charge is 0.524 e. The Hall–Kier alpha value is -5.68. The van der Waals surface area contributed by atoms with Gasteiger partial charge in [-0.3, -0.25) is 23.9 Å². The van der Waals surface area contributed by atoms with Gasteiger partial charge in [-0.2, -0.15) is 0 Å². The quantitative estimate of drug-likeness (QED) is 0.0839. The fraction of sp³-hybridized carbons (Fsp3) is 0.279. The van der Waals surface area contributed by atoms with Crippen molar-refractivity contribution in [3.05, 3.63) is 137 Å². The number of hydrogen-bond acceptors (Lipinski definition) is 7. The summed E-state index contributed by atoms with van der Waals surface area (Å²) in [5.41, 5.74) is 2.21. The lowest BCUT2D eigenvalue weighted by atomic mass is 9.78. The molecule has 292 valence electrons. The number of ether oxygens (including phenoxy) is 1. The predicted octanol–water partition coefficient (Wildman–Crippen LogP) is 8.59. The summed E-state index contributed by atoms with van der Waals surface area (Å²) in [5, 5.41) is 7.42. The van der Waals surface area contributed by atoms with E-state index in [1.54, 1.807) is 44.3 Å². The minimum Gasteiger partial charge on any atom is -0.457 e. The van der Waals surface area contributed by atoms with Crippen LogP contribution in [0.1, 0.15) is 78.5 Å². The average molecular weight is 780 g/mol. The van der Waals surface area contributed by atoms with Gasteiger partial charge >= 0.3 is 13.9 Å². The number of hydrogen-bond donors (Lipinski definition) is 4. The summed E-state index contributed by atoms with van der Waals surface area (Å²) in [5.74, 6) is -0.319. The molecule has 0 fully saturated rings. The van der Waals surface area contributed by atoms with Gasteiger partial charge in [0.15, 0.2) is 6.61 Å². The normalized spacial score (nSPS) is 13.6. The highest BCUT2D eigenvalue weighted by Crippen LogP contribution is 2.45. The number of fused-ring (bicyclic) bond motifs is 2. The molecule has 2 atom stereocenters. The van der Waals surface area contributed by atoms with Crippen molar-refractivity contribution < 1.29 is 42.4 Å². The van der Waals surface area contributed by atoms with Crippen molar-refractivity contribution in [1.82, 2.24) is 15.2 Å². The number of aryl methyl sites for hydroxylation is 2. The average Bonchev–Trinajstić information content (AvgIpc) is 3.71. The van der Waals surface area contributed by atoms with Gasteiger partial charge in [0, 0.05) is 40.8 Å². The topological polar surface area (TPSA) is 169 Å². The molecule has 13 heteroatoms. The van der Waals surface area contributed by atoms with Gasteiger partial charge in [-0.25, -0.2) is 9.36 Å². The summed E-state index contributed by atoms with van der Waals surface area (Å²) in [7, 11) is -4.90. The first-order chi connectivity index (χ1) is 26.4. The van der Waals surface area contributed by atoms with E-state index in [9.17, 15) is 28.7 Å². The number of carbonyl (C=O) groups is 3. The molecular weight excluding hydrogens is 733 g/mol. The van der Waals surface area contributed by atoms with E-state index in [-0.39, 0.29) is 31.1 Å². The summed E-state index contributed by atoms with van der Waals surface area (Å²) in [6.45, 7) is 10.5. The number of rotatable bonds is 13. The number of aromatic nitrogens is 1. The van der Waals surface area contributed by atoms with Crippen molar-refractivity contribution in [1.29, 1.82) is 0 Å². The number of nitrogens with zero attached hydrogens (tertiary/aromatic N) is 1. The van der Waals surface area contributed by atoms with E-state index in [4.69, 9.17) is 13.7 Å². The van der Waals surface area contributed by atoms with Gasteiger partial charge in [0.2, 0.25) is 11.8 Å². The summed E-state index contributed by atoms with van der Waals surface area (Å²) in [6.07, 6.45) is 0.761. The number of furan rings is 1. The van der Waals surface area contributed by atoms with Crippen LogP contribution in [0, 0.1) is 13.8 Å². The van der Waals surface area contributed by atoms with E-state index >= 15 is 0 Å². The second kappa shape index (κ2) is 15.8. The van der Waals surface area contributed by atoms with Crippen LogP contribution < -0.4 is 15.2 Å². The number of para-hydroxylation sites is 2. The highest BCUT2D eigenvalue weighted by Gasteiger charge is 2.38. The fourth-order valence-electron chi connectivity index (χ4n) is 7.39. The molecular formula is C43H46N3O9P. The third-order valence-electron chi connectivity index (χ3n) is 9.89. The van der Waals surface area contributed by atoms with Crippen molar-refractivity contribution >= 4 is 47.6 Å². The number of phosphoric ester groups is 1. The minimum absolute atomic E-state index is 0.0106. The van der Waals surface area contributed by atoms with Crippen molar-refractivity contribution in [2.75, 3.05) is 0 Å². The molecule has 2 heterocycles. The maximum Gasteiger partial charge on any atom is 0.524 e. The summed E-state index contributed by atoms with van der Waals surface area (Å²) in [4.78, 5) is 61.3. The molecule has 4 aromatic carbocycles. The van der Waals surface area contributed by atoms with E-state index in [1.165, 1.54) is 4.57 Å². The van der Waals surface area contributed by atoms with Gasteiger partial charge in [0.1, 0.15) is 22.6 Å². The smallest absolute Gasteiger partial charge is 0.457 e. The molecule has 2 aromatic heterocycles. The van der Waals surface area contributed by atoms with Crippen molar-refractivity contribution in [3.63, 3.8) is 0 Å². The molecule has 2 amide bonds. The van der Waals surface area contributed by atoms with Crippen LogP contribution >= 0.6 is 7.82 Å². The Morgan fingerprint density at radius 3 is 2.30 bits per heavy atom. The summed E-state index contributed by atoms with van der Waals surface area (Å²) >= 11 is 0. The third-order valence-corrected chi connectivity index (χ3v) is 10.3. The highest BCUT2D eigenvalue weighted by atomic mass is 31.2. The van der Waals surface area contributed by atoms with Gasteiger partial charge in [-0.05, 0) is 74.2 Å². The maximum absolute atomic E-state index is 14.3. The Labute approximate surface area is 325 Å². The lowest BCUT2D eigenvalue weighted by Gasteiger charge is -2.31. The zero-order valence-electron chi connectivity index (χ0n) is 32.2. The first-order valence-corrected chi connectivity index (χ1v) is 19.7. The molecule has 1 unspecified atom stereocenters. The van der Waals surface area contributed by atoms with E-state index in [2.05, 4.69) is 10.6 Å². The highest BCUT2D eigenvalue weighted by molar-refractivity contribution is 7.46. The second-order valence-corrected chi connectivity index (χ2v) is 16.3. The molecule has 0 aliphatic heterocycles. The molecule has 6 rings (SSSR count). The molecule has 12 nitrogen and oxygen atoms in total. The van der Waals surface area contributed by atoms with Gasteiger partial charge in [0.25, 0.3) is 0 Å². The van der Waals surface area contributed by atoms with Gasteiger partial charge in [-0.1, -0.05) is 86.6 Å². The number of benzene rings is 4. The third kappa shape index (κ3) is 9.05. The Morgan fingerprint density at radius 1 is 0.911 bits per heavy atom. The second-order valence-electron chi connectivity index (χ2n) is 15.1. The van der Waals surface area contributed by atoms with Crippen LogP contribution in [0.15, 0.2) is 108 Å². The first-order valence-electron chi connectivity index (χ1n) is 18.2. The maximum atomic E-state index is 14.3. The number of alkyl carbamates (subject to hydrolysis) is 1. The number of carbonyl (C=O) groups excluding carboxylic acids is 3. The molecule has 0 aliphatic rings. The summed E-state index contributed by atoms with van der Waals surface area (Å²) < 4.78 is 29.9. The van der Waals surface area contributed by atoms with Crippen LogP contribution in [0.2, 0.25) is 0 Å². The molecule has 0 spiro atoms. The Kier molecular flexibility index (Phi) is 11.3. The monoisotopic (exact) mass is 779 g/mol. The van der Waals surface area contributed by atoms with Crippen LogP contribution in [-0.4, -0.2) is 37.8 Å². The van der Waals surface area contributed by atoms with E-state index in [0.717, 1.165) is 16.5 Å². The lowest BCUT2D eigenvalue weighted by Crippen LogP contribution is -2.58. The number of nitrogens with one attached hydrogen (secondary N) is 2. The van der Waals surface area contributed by atoms with Crippen LogP contribution in [-0.2, 0) is 32.5 Å². The fourth-order valence-corrected chi connectivity index (χ4v) is 7.79. The molecule has 0 saturated heterocycles. The van der Waals surface area contributed by atoms with E-state index in [0.29, 0.717) is 38.9 Å². The van der Waals surface area contributed by atoms with Crippen LogP contribution in [0.5, 0.6) is 5.75 Å². The lowest BCUT2D eigenvalue weighted by molar-refractivity contribution is -0.127. The SMILES string of the molecule is Cc1cc(C)c(C(C)(C)CC(=O)n2cc(CC(C)(NC(=O)OCc3cc4ccccc4o3)C(=O)N[C@@H](C)c3ccccc3)c3ccccc32)c(OP(=O)(O)O)c1. The predicted molar refractivity (Wildman–Crippen MR) is 213 cm³/mol. The Bertz CT molecular complexity index is 2430. The van der Waals surface area contributed by atoms with Crippen LogP contribution in [0.4, 0.5) is 4.79 Å². The van der Waals surface area contributed by atoms with Crippen molar-refractivity contribution in [2.24, 2.45) is 0 Å². The zero-order chi connectivity index (χ0) is 40.4. The van der Waals surface area contributed by atoms with Crippen LogP contribution in [0.25, 0.3) is 21.9 Å². The molecule has 6 aromatic rings. The number of amides is 2. The molecule has 0 bridgehead atoms. The zero-order valence-corrected chi connectivity index (χ0v) is 33.1. The summed E-state index contributed by atoms with van der Waals surface area (Å²) in [6, 6.07) is 29.0. The Morgan fingerprint density at radius 2 is 1.59 bits per heavy atom. The molecule has 0 aliphatic carbocycles. The van der Waals surface area contributed by atoms with Gasteiger partial charge in [-0.15, -0.1) is 0 Å². The minimum atomic E-state index is -4.90. The molecule has 0 radical (unpaired) electrons. The Balaban J connectivity index is 1.30. The van der Waals surface area contributed by atoms with Gasteiger partial charge in [0.05, 0.1) is 11.6 Å². The van der Waals surface area contributed by atoms with Gasteiger partial charge < -0.3 is 24.3 Å². The standard InChI is InChI=1S/C43H46N3O9P/c1-27-20-28(2)39(37(21-27)55-56(50,51)52)42(4,5)24-38(47)46-25-32(34-17-11-12-18-35(34)46)23-43(6,40(48)44-29(3)30-14-8-7-9-15-30)45-41(49)53-26-33-22-31-16-10-13-19-36(31)54-33/h7-22,25,29H,23-24,26H2,1-6H3,(H,44,48)(H,45,49)(H2,50,51,52)/t29-,43?/m0/s1. The first kappa shape index (κ1) is 40.0. The van der Waals surface area contributed by atoms with Crippen molar-refractivity contribution in [3.8, 4) is 5.75 Å². The molecule has 0 saturated carbocycles. The van der Waals surface area contributed by atoms with Crippen molar-refractivity contribution in [2.45, 2.75) is 78.0 Å². The van der Waals surface area contributed by atoms with Crippen LogP contribution in [0.3, 0.4) is 0 Å². The molecule has 4 N–H and O–H groups in total. The van der Waals surface area contributed by atoms with E-state index < -0.39 is 36.8 Å². The molecule has 56 heavy (non-hydrogen) atoms. The number of phosphoric acid groups is 1. The van der Waals surface area contributed by atoms with E-state index in [1.807, 2.05) is 100 Å².